The van der Waals surface area contributed by atoms with Crippen LogP contribution in [0, 0.1) is 0 Å². The van der Waals surface area contributed by atoms with Gasteiger partial charge in [-0.2, -0.15) is 0 Å². The van der Waals surface area contributed by atoms with Gasteiger partial charge >= 0.3 is 0 Å². The molecule has 1 heterocycles. The Balaban J connectivity index is 1.35. The summed E-state index contributed by atoms with van der Waals surface area (Å²) in [5.41, 5.74) is 2.11. The number of hydrogen-bond acceptors (Lipinski definition) is 5. The second-order valence-electron chi connectivity index (χ2n) is 7.97. The first kappa shape index (κ1) is 24.4. The molecule has 0 aliphatic carbocycles. The molecule has 0 atom stereocenters. The maximum Gasteiger partial charge on any atom is 0.265 e. The van der Waals surface area contributed by atoms with Gasteiger partial charge in [0, 0.05) is 17.3 Å². The number of halogens is 1. The van der Waals surface area contributed by atoms with E-state index in [1.54, 1.807) is 47.4 Å². The molecule has 3 aromatic rings. The lowest BCUT2D eigenvalue weighted by molar-refractivity contribution is -0.121. The Kier molecular flexibility index (Phi) is 8.11. The van der Waals surface area contributed by atoms with Crippen molar-refractivity contribution < 1.29 is 23.8 Å². The van der Waals surface area contributed by atoms with Crippen LogP contribution in [0.1, 0.15) is 18.9 Å². The Morgan fingerprint density at radius 1 is 1.03 bits per heavy atom. The number of fused-ring (bicyclic) bond motifs is 1. The summed E-state index contributed by atoms with van der Waals surface area (Å²) in [6.07, 6.45) is 0.854. The molecule has 182 valence electrons. The first-order chi connectivity index (χ1) is 17.0. The van der Waals surface area contributed by atoms with Crippen LogP contribution in [-0.2, 0) is 16.0 Å². The van der Waals surface area contributed by atoms with Crippen molar-refractivity contribution in [2.45, 2.75) is 19.8 Å². The number of nitrogens with one attached hydrogen (secondary N) is 1. The SMILES string of the molecule is CCOc1ccc(CC(=O)Nc2ccc3c(c2)N(CCCOc2ccc(Cl)cc2)C(=O)CO3)cc1. The van der Waals surface area contributed by atoms with Crippen LogP contribution < -0.4 is 24.4 Å². The van der Waals surface area contributed by atoms with E-state index in [0.29, 0.717) is 48.3 Å². The predicted molar refractivity (Wildman–Crippen MR) is 136 cm³/mol. The van der Waals surface area contributed by atoms with Gasteiger partial charge in [0.2, 0.25) is 5.91 Å². The van der Waals surface area contributed by atoms with E-state index in [2.05, 4.69) is 5.32 Å². The zero-order valence-corrected chi connectivity index (χ0v) is 20.2. The minimum atomic E-state index is -0.153. The highest BCUT2D eigenvalue weighted by atomic mass is 35.5. The first-order valence-corrected chi connectivity index (χ1v) is 11.9. The van der Waals surface area contributed by atoms with Crippen LogP contribution in [-0.4, -0.2) is 38.2 Å². The molecule has 1 N–H and O–H groups in total. The van der Waals surface area contributed by atoms with E-state index in [-0.39, 0.29) is 24.8 Å². The number of carbonyl (C=O) groups is 2. The molecule has 4 rings (SSSR count). The Hall–Kier alpha value is -3.71. The maximum absolute atomic E-state index is 12.6. The smallest absolute Gasteiger partial charge is 0.265 e. The van der Waals surface area contributed by atoms with Crippen molar-refractivity contribution in [3.05, 3.63) is 77.3 Å². The van der Waals surface area contributed by atoms with Crippen molar-refractivity contribution in [1.29, 1.82) is 0 Å². The van der Waals surface area contributed by atoms with E-state index in [1.165, 1.54) is 0 Å². The highest BCUT2D eigenvalue weighted by molar-refractivity contribution is 6.30. The van der Waals surface area contributed by atoms with Gasteiger partial charge in [-0.25, -0.2) is 0 Å². The number of hydrogen-bond donors (Lipinski definition) is 1. The fraction of sp³-hybridized carbons (Fsp3) is 0.259. The van der Waals surface area contributed by atoms with Gasteiger partial charge in [-0.3, -0.25) is 9.59 Å². The number of rotatable bonds is 10. The molecule has 7 nitrogen and oxygen atoms in total. The highest BCUT2D eigenvalue weighted by Crippen LogP contribution is 2.34. The van der Waals surface area contributed by atoms with Crippen LogP contribution in [0.4, 0.5) is 11.4 Å². The molecule has 35 heavy (non-hydrogen) atoms. The van der Waals surface area contributed by atoms with Gasteiger partial charge in [0.25, 0.3) is 5.91 Å². The third kappa shape index (κ3) is 6.67. The van der Waals surface area contributed by atoms with Gasteiger partial charge in [0.1, 0.15) is 17.2 Å². The summed E-state index contributed by atoms with van der Waals surface area (Å²) >= 11 is 5.90. The number of carbonyl (C=O) groups excluding carboxylic acids is 2. The molecule has 1 aliphatic rings. The number of nitrogens with zero attached hydrogens (tertiary/aromatic N) is 1. The molecule has 0 unspecified atom stereocenters. The van der Waals surface area contributed by atoms with Gasteiger partial charge in [-0.1, -0.05) is 23.7 Å². The largest absolute Gasteiger partial charge is 0.494 e. The summed E-state index contributed by atoms with van der Waals surface area (Å²) in [5.74, 6) is 1.81. The van der Waals surface area contributed by atoms with Crippen LogP contribution in [0.25, 0.3) is 0 Å². The normalized spacial score (nSPS) is 12.5. The number of benzene rings is 3. The average Bonchev–Trinajstić information content (AvgIpc) is 2.85. The lowest BCUT2D eigenvalue weighted by Gasteiger charge is -2.30. The van der Waals surface area contributed by atoms with Gasteiger partial charge < -0.3 is 24.4 Å². The third-order valence-corrected chi connectivity index (χ3v) is 5.65. The van der Waals surface area contributed by atoms with Gasteiger partial charge in [-0.05, 0) is 73.5 Å². The van der Waals surface area contributed by atoms with Crippen molar-refractivity contribution in [3.8, 4) is 17.2 Å². The number of amides is 2. The lowest BCUT2D eigenvalue weighted by atomic mass is 10.1. The molecule has 0 aromatic heterocycles. The van der Waals surface area contributed by atoms with Crippen LogP contribution >= 0.6 is 11.6 Å². The van der Waals surface area contributed by atoms with Gasteiger partial charge in [-0.15, -0.1) is 0 Å². The summed E-state index contributed by atoms with van der Waals surface area (Å²) in [5, 5.41) is 3.56. The quantitative estimate of drug-likeness (QED) is 0.396. The Morgan fingerprint density at radius 2 is 1.74 bits per heavy atom. The molecule has 0 fully saturated rings. The summed E-state index contributed by atoms with van der Waals surface area (Å²) < 4.78 is 16.8. The lowest BCUT2D eigenvalue weighted by Crippen LogP contribution is -2.39. The predicted octanol–water partition coefficient (Wildman–Crippen LogP) is 5.11. The molecule has 0 saturated carbocycles. The second-order valence-corrected chi connectivity index (χ2v) is 8.41. The Labute approximate surface area is 209 Å². The molecule has 0 radical (unpaired) electrons. The molecule has 8 heteroatoms. The summed E-state index contributed by atoms with van der Waals surface area (Å²) in [6.45, 7) is 3.41. The Bertz CT molecular complexity index is 1170. The van der Waals surface area contributed by atoms with E-state index >= 15 is 0 Å². The van der Waals surface area contributed by atoms with Crippen molar-refractivity contribution in [3.63, 3.8) is 0 Å². The van der Waals surface area contributed by atoms with Crippen LogP contribution in [0.3, 0.4) is 0 Å². The highest BCUT2D eigenvalue weighted by Gasteiger charge is 2.25. The Morgan fingerprint density at radius 3 is 2.49 bits per heavy atom. The summed E-state index contributed by atoms with van der Waals surface area (Å²) in [6, 6.07) is 19.9. The monoisotopic (exact) mass is 494 g/mol. The molecule has 0 saturated heterocycles. The van der Waals surface area contributed by atoms with Crippen LogP contribution in [0.2, 0.25) is 5.02 Å². The minimum Gasteiger partial charge on any atom is -0.494 e. The van der Waals surface area contributed by atoms with Crippen molar-refractivity contribution >= 4 is 34.8 Å². The molecule has 0 bridgehead atoms. The van der Waals surface area contributed by atoms with E-state index in [0.717, 1.165) is 17.1 Å². The maximum atomic E-state index is 12.6. The van der Waals surface area contributed by atoms with E-state index < -0.39 is 0 Å². The molecule has 1 aliphatic heterocycles. The standard InChI is InChI=1S/C27H27ClN2O5/c1-2-33-22-9-4-19(5-10-22)16-26(31)29-21-8-13-25-24(17-21)30(27(32)18-35-25)14-3-15-34-23-11-6-20(28)7-12-23/h4-13,17H,2-3,14-16,18H2,1H3,(H,29,31). The molecule has 2 amide bonds. The fourth-order valence-corrected chi connectivity index (χ4v) is 3.86. The van der Waals surface area contributed by atoms with Crippen molar-refractivity contribution in [2.75, 3.05) is 36.6 Å². The summed E-state index contributed by atoms with van der Waals surface area (Å²) in [7, 11) is 0. The molecular weight excluding hydrogens is 468 g/mol. The second kappa shape index (κ2) is 11.6. The topological polar surface area (TPSA) is 77.1 Å². The molecular formula is C27H27ClN2O5. The molecule has 3 aromatic carbocycles. The minimum absolute atomic E-state index is 0.0194. The van der Waals surface area contributed by atoms with E-state index in [1.807, 2.05) is 31.2 Å². The van der Waals surface area contributed by atoms with E-state index in [4.69, 9.17) is 25.8 Å². The first-order valence-electron chi connectivity index (χ1n) is 11.5. The van der Waals surface area contributed by atoms with Crippen molar-refractivity contribution in [2.24, 2.45) is 0 Å². The zero-order valence-electron chi connectivity index (χ0n) is 19.5. The third-order valence-electron chi connectivity index (χ3n) is 5.39. The van der Waals surface area contributed by atoms with Gasteiger partial charge in [0.05, 0.1) is 25.3 Å². The molecule has 0 spiro atoms. The van der Waals surface area contributed by atoms with Gasteiger partial charge in [0.15, 0.2) is 6.61 Å². The summed E-state index contributed by atoms with van der Waals surface area (Å²) in [4.78, 5) is 26.8. The van der Waals surface area contributed by atoms with Crippen LogP contribution in [0.5, 0.6) is 17.2 Å². The number of anilines is 2. The number of ether oxygens (including phenoxy) is 3. The fourth-order valence-electron chi connectivity index (χ4n) is 3.73. The average molecular weight is 495 g/mol. The van der Waals surface area contributed by atoms with E-state index in [9.17, 15) is 9.59 Å². The van der Waals surface area contributed by atoms with Crippen molar-refractivity contribution in [1.82, 2.24) is 0 Å². The zero-order chi connectivity index (χ0) is 24.6. The van der Waals surface area contributed by atoms with Crippen LogP contribution in [0.15, 0.2) is 66.7 Å².